The zero-order valence-corrected chi connectivity index (χ0v) is 17.8. The Kier molecular flexibility index (Phi) is 4.44. The molecule has 0 bridgehead atoms. The minimum atomic E-state index is -3.86. The van der Waals surface area contributed by atoms with Gasteiger partial charge in [-0.05, 0) is 48.9 Å². The van der Waals surface area contributed by atoms with Gasteiger partial charge in [0.15, 0.2) is 25.5 Å². The zero-order valence-electron chi connectivity index (χ0n) is 15.4. The largest absolute Gasteiger partial charge is 0.301 e. The molecule has 2 aromatic rings. The van der Waals surface area contributed by atoms with Gasteiger partial charge in [-0.3, -0.25) is 9.59 Å². The summed E-state index contributed by atoms with van der Waals surface area (Å²) < 4.78 is 24.5. The van der Waals surface area contributed by atoms with Gasteiger partial charge in [-0.1, -0.05) is 36.8 Å². The van der Waals surface area contributed by atoms with Crippen LogP contribution in [0.4, 0.5) is 5.13 Å². The molecular weight excluding hydrogens is 420 g/mol. The lowest BCUT2D eigenvalue weighted by Gasteiger charge is -2.26. The summed E-state index contributed by atoms with van der Waals surface area (Å²) in [5.41, 5.74) is 0.502. The van der Waals surface area contributed by atoms with Crippen LogP contribution < -0.4 is 5.32 Å². The SMILES string of the molecule is CC1(C)CC(=O)c2sc(NC(=O)C3(S(=O)(=O)c4ccc(Cl)cc4)CC3)nc2C1. The summed E-state index contributed by atoms with van der Waals surface area (Å²) in [6, 6.07) is 5.80. The first-order valence-electron chi connectivity index (χ1n) is 8.89. The fraction of sp³-hybridized carbons (Fsp3) is 0.421. The first-order valence-corrected chi connectivity index (χ1v) is 11.6. The molecule has 2 aliphatic carbocycles. The first kappa shape index (κ1) is 19.5. The molecule has 0 spiro atoms. The average Bonchev–Trinajstić information content (AvgIpc) is 3.32. The predicted molar refractivity (Wildman–Crippen MR) is 108 cm³/mol. The predicted octanol–water partition coefficient (Wildman–Crippen LogP) is 3.90. The third-order valence-corrected chi connectivity index (χ3v) is 9.03. The second-order valence-corrected chi connectivity index (χ2v) is 11.8. The number of amides is 1. The van der Waals surface area contributed by atoms with Crippen molar-refractivity contribution >= 4 is 49.6 Å². The summed E-state index contributed by atoms with van der Waals surface area (Å²) in [5, 5.41) is 3.35. The molecule has 1 aromatic heterocycles. The molecule has 1 fully saturated rings. The van der Waals surface area contributed by atoms with Crippen LogP contribution in [0.3, 0.4) is 0 Å². The van der Waals surface area contributed by atoms with Gasteiger partial charge in [0.2, 0.25) is 5.91 Å². The van der Waals surface area contributed by atoms with Crippen molar-refractivity contribution < 1.29 is 18.0 Å². The zero-order chi connectivity index (χ0) is 20.3. The maximum absolute atomic E-state index is 13.0. The standard InChI is InChI=1S/C19H19ClN2O4S2/c1-18(2)9-13-15(14(23)10-18)27-17(21-13)22-16(24)19(7-8-19)28(25,26)12-5-3-11(20)4-6-12/h3-6H,7-10H2,1-2H3,(H,21,22,24). The summed E-state index contributed by atoms with van der Waals surface area (Å²) in [6.07, 6.45) is 1.58. The van der Waals surface area contributed by atoms with E-state index in [0.29, 0.717) is 28.4 Å². The molecule has 1 amide bonds. The summed E-state index contributed by atoms with van der Waals surface area (Å²) >= 11 is 6.95. The lowest BCUT2D eigenvalue weighted by Crippen LogP contribution is -2.37. The number of hydrogen-bond acceptors (Lipinski definition) is 6. The monoisotopic (exact) mass is 438 g/mol. The molecule has 1 heterocycles. The van der Waals surface area contributed by atoms with Crippen molar-refractivity contribution in [2.75, 3.05) is 5.32 Å². The second-order valence-electron chi connectivity index (χ2n) is 8.14. The van der Waals surface area contributed by atoms with Crippen LogP contribution >= 0.6 is 22.9 Å². The molecule has 148 valence electrons. The molecule has 0 unspecified atom stereocenters. The minimum Gasteiger partial charge on any atom is -0.301 e. The van der Waals surface area contributed by atoms with E-state index in [1.807, 2.05) is 13.8 Å². The van der Waals surface area contributed by atoms with Crippen molar-refractivity contribution in [3.05, 3.63) is 39.9 Å². The van der Waals surface area contributed by atoms with Crippen LogP contribution in [-0.2, 0) is 21.1 Å². The highest BCUT2D eigenvalue weighted by atomic mass is 35.5. The van der Waals surface area contributed by atoms with Crippen molar-refractivity contribution in [2.24, 2.45) is 5.41 Å². The van der Waals surface area contributed by atoms with Crippen molar-refractivity contribution in [3.63, 3.8) is 0 Å². The Labute approximate surface area is 172 Å². The smallest absolute Gasteiger partial charge is 0.248 e. The highest BCUT2D eigenvalue weighted by Crippen LogP contribution is 2.48. The van der Waals surface area contributed by atoms with Crippen LogP contribution in [0.5, 0.6) is 0 Å². The van der Waals surface area contributed by atoms with E-state index in [0.717, 1.165) is 11.3 Å². The number of hydrogen-bond donors (Lipinski definition) is 1. The van der Waals surface area contributed by atoms with Crippen LogP contribution in [0.2, 0.25) is 5.02 Å². The van der Waals surface area contributed by atoms with Crippen molar-refractivity contribution in [1.29, 1.82) is 0 Å². The van der Waals surface area contributed by atoms with E-state index in [9.17, 15) is 18.0 Å². The summed E-state index contributed by atoms with van der Waals surface area (Å²) in [7, 11) is -3.86. The first-order chi connectivity index (χ1) is 13.0. The Morgan fingerprint density at radius 3 is 2.43 bits per heavy atom. The summed E-state index contributed by atoms with van der Waals surface area (Å²) in [4.78, 5) is 30.2. The van der Waals surface area contributed by atoms with E-state index in [4.69, 9.17) is 11.6 Å². The lowest BCUT2D eigenvalue weighted by atomic mass is 9.78. The number of fused-ring (bicyclic) bond motifs is 1. The molecule has 4 rings (SSSR count). The number of aromatic nitrogens is 1. The number of carbonyl (C=O) groups excluding carboxylic acids is 2. The van der Waals surface area contributed by atoms with Gasteiger partial charge in [0.05, 0.1) is 15.5 Å². The van der Waals surface area contributed by atoms with Gasteiger partial charge in [0, 0.05) is 11.4 Å². The van der Waals surface area contributed by atoms with Gasteiger partial charge in [-0.25, -0.2) is 13.4 Å². The summed E-state index contributed by atoms with van der Waals surface area (Å²) in [5.74, 6) is -0.584. The number of benzene rings is 1. The number of rotatable bonds is 4. The van der Waals surface area contributed by atoms with E-state index in [1.165, 1.54) is 24.3 Å². The number of carbonyl (C=O) groups is 2. The van der Waals surface area contributed by atoms with E-state index in [1.54, 1.807) is 0 Å². The van der Waals surface area contributed by atoms with Crippen LogP contribution in [0.1, 0.15) is 48.5 Å². The van der Waals surface area contributed by atoms with E-state index < -0.39 is 20.5 Å². The second kappa shape index (κ2) is 6.37. The third kappa shape index (κ3) is 3.17. The number of thiazole rings is 1. The molecule has 0 saturated heterocycles. The van der Waals surface area contributed by atoms with Crippen molar-refractivity contribution in [1.82, 2.24) is 4.98 Å². The van der Waals surface area contributed by atoms with Gasteiger partial charge >= 0.3 is 0 Å². The highest BCUT2D eigenvalue weighted by Gasteiger charge is 2.61. The molecule has 0 radical (unpaired) electrons. The van der Waals surface area contributed by atoms with Crippen LogP contribution in [-0.4, -0.2) is 29.8 Å². The normalized spacial score (nSPS) is 19.8. The third-order valence-electron chi connectivity index (χ3n) is 5.21. The van der Waals surface area contributed by atoms with Gasteiger partial charge in [0.25, 0.3) is 0 Å². The van der Waals surface area contributed by atoms with Crippen molar-refractivity contribution in [3.8, 4) is 0 Å². The fourth-order valence-corrected chi connectivity index (χ4v) is 6.48. The molecule has 9 heteroatoms. The number of nitrogens with zero attached hydrogens (tertiary/aromatic N) is 1. The Hall–Kier alpha value is -1.77. The molecule has 0 aliphatic heterocycles. The Morgan fingerprint density at radius 2 is 1.82 bits per heavy atom. The van der Waals surface area contributed by atoms with Crippen LogP contribution in [0, 0.1) is 5.41 Å². The molecule has 1 aromatic carbocycles. The maximum Gasteiger partial charge on any atom is 0.248 e. The number of nitrogens with one attached hydrogen (secondary N) is 1. The minimum absolute atomic E-state index is 0.0131. The Morgan fingerprint density at radius 1 is 1.18 bits per heavy atom. The fourth-order valence-electron chi connectivity index (χ4n) is 3.56. The number of sulfone groups is 1. The van der Waals surface area contributed by atoms with Gasteiger partial charge < -0.3 is 5.32 Å². The average molecular weight is 439 g/mol. The van der Waals surface area contributed by atoms with E-state index >= 15 is 0 Å². The van der Waals surface area contributed by atoms with Gasteiger partial charge in [0.1, 0.15) is 0 Å². The van der Waals surface area contributed by atoms with Gasteiger partial charge in [-0.15, -0.1) is 0 Å². The topological polar surface area (TPSA) is 93.2 Å². The van der Waals surface area contributed by atoms with Crippen molar-refractivity contribution in [2.45, 2.75) is 49.2 Å². The summed E-state index contributed by atoms with van der Waals surface area (Å²) in [6.45, 7) is 4.01. The van der Waals surface area contributed by atoms with Crippen LogP contribution in [0.15, 0.2) is 29.2 Å². The number of anilines is 1. The molecule has 0 atom stereocenters. The molecule has 28 heavy (non-hydrogen) atoms. The molecule has 2 aliphatic rings. The number of Topliss-reactive ketones (excluding diaryl/α,β-unsaturated/α-hetero) is 1. The Balaban J connectivity index is 1.59. The molecule has 1 N–H and O–H groups in total. The van der Waals surface area contributed by atoms with E-state index in [2.05, 4.69) is 10.3 Å². The van der Waals surface area contributed by atoms with Crippen LogP contribution in [0.25, 0.3) is 0 Å². The molecule has 6 nitrogen and oxygen atoms in total. The lowest BCUT2D eigenvalue weighted by molar-refractivity contribution is -0.116. The maximum atomic E-state index is 13.0. The van der Waals surface area contributed by atoms with Gasteiger partial charge in [-0.2, -0.15) is 0 Å². The Bertz CT molecular complexity index is 1080. The number of ketones is 1. The molecular formula is C19H19ClN2O4S2. The molecule has 1 saturated carbocycles. The number of halogens is 1. The van der Waals surface area contributed by atoms with E-state index in [-0.39, 0.29) is 34.1 Å². The quantitative estimate of drug-likeness (QED) is 0.781. The highest BCUT2D eigenvalue weighted by molar-refractivity contribution is 7.94.